The van der Waals surface area contributed by atoms with Gasteiger partial charge in [0.25, 0.3) is 5.56 Å². The number of benzene rings is 2. The van der Waals surface area contributed by atoms with Crippen LogP contribution < -0.4 is 14.9 Å². The first kappa shape index (κ1) is 22.5. The quantitative estimate of drug-likeness (QED) is 0.241. The van der Waals surface area contributed by atoms with Crippen LogP contribution in [0.1, 0.15) is 31.2 Å². The molecule has 3 heterocycles. The van der Waals surface area contributed by atoms with Crippen molar-refractivity contribution in [2.75, 3.05) is 6.61 Å². The number of hydrogen-bond donors (Lipinski definition) is 0. The van der Waals surface area contributed by atoms with Gasteiger partial charge in [0.2, 0.25) is 0 Å². The number of esters is 1. The lowest BCUT2D eigenvalue weighted by atomic mass is 9.91. The van der Waals surface area contributed by atoms with Crippen molar-refractivity contribution in [2.24, 2.45) is 4.99 Å². The molecule has 0 spiro atoms. The smallest absolute Gasteiger partial charge is 0.433 e. The molecule has 0 saturated heterocycles. The molecule has 0 unspecified atom stereocenters. The molecule has 2 aromatic heterocycles. The van der Waals surface area contributed by atoms with Crippen molar-refractivity contribution in [1.29, 1.82) is 0 Å². The Balaban J connectivity index is 1.78. The third-order valence-electron chi connectivity index (χ3n) is 5.70. The van der Waals surface area contributed by atoms with Crippen molar-refractivity contribution in [1.82, 2.24) is 4.57 Å². The number of rotatable bonds is 5. The third-order valence-corrected chi connectivity index (χ3v) is 6.68. The van der Waals surface area contributed by atoms with Gasteiger partial charge in [0.05, 0.1) is 34.5 Å². The van der Waals surface area contributed by atoms with Crippen LogP contribution in [-0.2, 0) is 9.53 Å². The highest BCUT2D eigenvalue weighted by molar-refractivity contribution is 7.07. The average molecular weight is 490 g/mol. The van der Waals surface area contributed by atoms with E-state index < -0.39 is 22.8 Å². The van der Waals surface area contributed by atoms with E-state index in [1.165, 1.54) is 22.8 Å². The van der Waals surface area contributed by atoms with E-state index in [0.29, 0.717) is 10.5 Å². The highest BCUT2D eigenvalue weighted by Crippen LogP contribution is 2.34. The van der Waals surface area contributed by atoms with E-state index in [1.807, 2.05) is 42.5 Å². The molecule has 1 aliphatic heterocycles. The van der Waals surface area contributed by atoms with Crippen LogP contribution in [0.4, 0.5) is 5.88 Å². The van der Waals surface area contributed by atoms with Crippen molar-refractivity contribution in [2.45, 2.75) is 19.9 Å². The maximum Gasteiger partial charge on any atom is 0.433 e. The second-order valence-electron chi connectivity index (χ2n) is 7.80. The Labute approximate surface area is 202 Å². The van der Waals surface area contributed by atoms with Gasteiger partial charge >= 0.3 is 11.9 Å². The highest BCUT2D eigenvalue weighted by Gasteiger charge is 2.34. The maximum atomic E-state index is 13.6. The van der Waals surface area contributed by atoms with Crippen molar-refractivity contribution >= 4 is 40.0 Å². The van der Waals surface area contributed by atoms with Crippen molar-refractivity contribution in [3.63, 3.8) is 0 Å². The summed E-state index contributed by atoms with van der Waals surface area (Å²) in [6.07, 6.45) is 1.44. The SMILES string of the molecule is CCOC(=O)C1=C(C)N=c2s/c(=C\c3ccc([N+](=O)[O-])o3)c(=O)n2[C@@H]1c1cccc2ccccc12. The van der Waals surface area contributed by atoms with Crippen LogP contribution in [0.5, 0.6) is 0 Å². The number of carbonyl (C=O) groups is 1. The molecule has 4 aromatic rings. The minimum absolute atomic E-state index is 0.171. The van der Waals surface area contributed by atoms with E-state index in [1.54, 1.807) is 13.8 Å². The first-order valence-electron chi connectivity index (χ1n) is 10.8. The average Bonchev–Trinajstić information content (AvgIpc) is 3.43. The summed E-state index contributed by atoms with van der Waals surface area (Å²) in [6.45, 7) is 3.62. The van der Waals surface area contributed by atoms with E-state index in [0.717, 1.165) is 27.7 Å². The minimum atomic E-state index is -0.760. The van der Waals surface area contributed by atoms with Crippen LogP contribution in [0.25, 0.3) is 16.8 Å². The maximum absolute atomic E-state index is 13.6. The standard InChI is InChI=1S/C25H19N3O6S/c1-3-33-24(30)21-14(2)26-25-27(22(21)18-10-6-8-15-7-4-5-9-17(15)18)23(29)19(35-25)13-16-11-12-20(34-16)28(31)32/h4-13,22H,3H2,1-2H3/b19-13-/t22-/m1/s1. The number of aromatic nitrogens is 1. The number of nitro groups is 1. The lowest BCUT2D eigenvalue weighted by Crippen LogP contribution is -2.40. The fourth-order valence-electron chi connectivity index (χ4n) is 4.22. The molecule has 2 aromatic carbocycles. The van der Waals surface area contributed by atoms with Gasteiger partial charge in [0.15, 0.2) is 4.80 Å². The summed E-state index contributed by atoms with van der Waals surface area (Å²) in [5.74, 6) is -0.786. The molecule has 0 aliphatic carbocycles. The Morgan fingerprint density at radius 1 is 1.23 bits per heavy atom. The van der Waals surface area contributed by atoms with E-state index in [-0.39, 0.29) is 28.0 Å². The fourth-order valence-corrected chi connectivity index (χ4v) is 5.25. The molecule has 1 atom stereocenters. The summed E-state index contributed by atoms with van der Waals surface area (Å²) in [7, 11) is 0. The number of fused-ring (bicyclic) bond motifs is 2. The van der Waals surface area contributed by atoms with Gasteiger partial charge in [0.1, 0.15) is 10.7 Å². The molecular formula is C25H19N3O6S. The molecule has 10 heteroatoms. The first-order valence-corrected chi connectivity index (χ1v) is 11.6. The van der Waals surface area contributed by atoms with Crippen molar-refractivity contribution in [3.05, 3.63) is 107 Å². The number of hydrogen-bond acceptors (Lipinski definition) is 8. The van der Waals surface area contributed by atoms with Crippen molar-refractivity contribution in [3.8, 4) is 0 Å². The van der Waals surface area contributed by atoms with Gasteiger partial charge in [-0.2, -0.15) is 0 Å². The molecule has 0 saturated carbocycles. The first-order chi connectivity index (χ1) is 16.9. The molecule has 9 nitrogen and oxygen atoms in total. The Kier molecular flexibility index (Phi) is 5.65. The number of furan rings is 1. The topological polar surface area (TPSA) is 117 Å². The van der Waals surface area contributed by atoms with E-state index in [9.17, 15) is 19.7 Å². The molecule has 0 N–H and O–H groups in total. The van der Waals surface area contributed by atoms with Gasteiger partial charge in [-0.05, 0) is 36.2 Å². The minimum Gasteiger partial charge on any atom is -0.463 e. The van der Waals surface area contributed by atoms with Gasteiger partial charge < -0.3 is 9.15 Å². The summed E-state index contributed by atoms with van der Waals surface area (Å²) in [5.41, 5.74) is 1.13. The van der Waals surface area contributed by atoms with Gasteiger partial charge in [-0.15, -0.1) is 0 Å². The van der Waals surface area contributed by atoms with E-state index in [4.69, 9.17) is 9.15 Å². The molecule has 176 valence electrons. The summed E-state index contributed by atoms with van der Waals surface area (Å²) in [5, 5.41) is 12.8. The number of ether oxygens (including phenoxy) is 1. The summed E-state index contributed by atoms with van der Waals surface area (Å²) in [4.78, 5) is 42.0. The molecule has 0 radical (unpaired) electrons. The van der Waals surface area contributed by atoms with Crippen LogP contribution in [0.2, 0.25) is 0 Å². The molecule has 0 amide bonds. The number of thiazole rings is 1. The summed E-state index contributed by atoms with van der Waals surface area (Å²) in [6, 6.07) is 15.4. The lowest BCUT2D eigenvalue weighted by Gasteiger charge is -2.25. The van der Waals surface area contributed by atoms with Gasteiger partial charge in [-0.3, -0.25) is 19.5 Å². The Morgan fingerprint density at radius 3 is 2.74 bits per heavy atom. The van der Waals surface area contributed by atoms with Gasteiger partial charge in [-0.1, -0.05) is 53.8 Å². The zero-order valence-corrected chi connectivity index (χ0v) is 19.6. The predicted octanol–water partition coefficient (Wildman–Crippen LogP) is 3.45. The third kappa shape index (κ3) is 3.87. The lowest BCUT2D eigenvalue weighted by molar-refractivity contribution is -0.402. The molecule has 0 bridgehead atoms. The van der Waals surface area contributed by atoms with Crippen molar-refractivity contribution < 1.29 is 18.9 Å². The normalized spacial score (nSPS) is 15.7. The van der Waals surface area contributed by atoms with Gasteiger partial charge in [-0.25, -0.2) is 9.79 Å². The van der Waals surface area contributed by atoms with Crippen LogP contribution in [0, 0.1) is 10.1 Å². The van der Waals surface area contributed by atoms with Crippen LogP contribution in [-0.4, -0.2) is 22.1 Å². The Bertz CT molecular complexity index is 1700. The zero-order chi connectivity index (χ0) is 24.7. The summed E-state index contributed by atoms with van der Waals surface area (Å²) < 4.78 is 12.3. The fraction of sp³-hybridized carbons (Fsp3) is 0.160. The molecule has 5 rings (SSSR count). The molecule has 35 heavy (non-hydrogen) atoms. The largest absolute Gasteiger partial charge is 0.463 e. The van der Waals surface area contributed by atoms with E-state index in [2.05, 4.69) is 4.99 Å². The Morgan fingerprint density at radius 2 is 2.00 bits per heavy atom. The number of carbonyl (C=O) groups excluding carboxylic acids is 1. The molecular weight excluding hydrogens is 470 g/mol. The number of allylic oxidation sites excluding steroid dienone is 1. The molecule has 1 aliphatic rings. The second kappa shape index (κ2) is 8.80. The second-order valence-corrected chi connectivity index (χ2v) is 8.81. The Hall–Kier alpha value is -4.31. The molecule has 0 fully saturated rings. The van der Waals surface area contributed by atoms with Crippen LogP contribution in [0.15, 0.2) is 80.1 Å². The predicted molar refractivity (Wildman–Crippen MR) is 130 cm³/mol. The van der Waals surface area contributed by atoms with Crippen LogP contribution >= 0.6 is 11.3 Å². The zero-order valence-electron chi connectivity index (χ0n) is 18.8. The summed E-state index contributed by atoms with van der Waals surface area (Å²) >= 11 is 1.12. The number of nitrogens with zero attached hydrogens (tertiary/aromatic N) is 3. The highest BCUT2D eigenvalue weighted by atomic mass is 32.1. The monoisotopic (exact) mass is 489 g/mol. The van der Waals surface area contributed by atoms with Gasteiger partial charge in [0, 0.05) is 6.08 Å². The van der Waals surface area contributed by atoms with Crippen LogP contribution in [0.3, 0.4) is 0 Å². The van der Waals surface area contributed by atoms with E-state index >= 15 is 0 Å².